The summed E-state index contributed by atoms with van der Waals surface area (Å²) in [6, 6.07) is 13.3. The molecule has 0 aromatic heterocycles. The molecular weight excluding hydrogens is 367 g/mol. The minimum Gasteiger partial charge on any atom is -0.360 e. The van der Waals surface area contributed by atoms with Gasteiger partial charge in [-0.2, -0.15) is 0 Å². The van der Waals surface area contributed by atoms with Crippen molar-refractivity contribution in [3.8, 4) is 0 Å². The summed E-state index contributed by atoms with van der Waals surface area (Å²) in [5, 5.41) is 0.781. The van der Waals surface area contributed by atoms with Crippen LogP contribution in [0.1, 0.15) is 5.56 Å². The number of halogens is 3. The highest BCUT2D eigenvalue weighted by Crippen LogP contribution is 2.19. The fraction of sp³-hybridized carbons (Fsp3) is 0.294. The van der Waals surface area contributed by atoms with E-state index in [1.54, 1.807) is 0 Å². The summed E-state index contributed by atoms with van der Waals surface area (Å²) in [5.41, 5.74) is 2.36. The molecule has 2 aromatic carbocycles. The van der Waals surface area contributed by atoms with E-state index in [9.17, 15) is 4.39 Å². The van der Waals surface area contributed by atoms with Crippen LogP contribution in [0.15, 0.2) is 46.9 Å². The molecule has 0 radical (unpaired) electrons. The highest BCUT2D eigenvalue weighted by molar-refractivity contribution is 9.10. The Kier molecular flexibility index (Phi) is 5.01. The highest BCUT2D eigenvalue weighted by Gasteiger charge is 2.20. The molecule has 1 N–H and O–H groups in total. The standard InChI is InChI=1S/C17H17BrClFN2/c18-16-10-13(4-5-17(16)20)12-21-6-8-22(9-7-21)15-3-1-2-14(19)11-15/h1-5,10-11H,6-9,12H2/p+1. The van der Waals surface area contributed by atoms with Gasteiger partial charge in [-0.25, -0.2) is 4.39 Å². The Morgan fingerprint density at radius 1 is 1.14 bits per heavy atom. The molecule has 0 amide bonds. The zero-order valence-electron chi connectivity index (χ0n) is 12.2. The molecule has 0 spiro atoms. The van der Waals surface area contributed by atoms with Gasteiger partial charge in [-0.15, -0.1) is 0 Å². The van der Waals surface area contributed by atoms with Crippen molar-refractivity contribution in [1.29, 1.82) is 0 Å². The fourth-order valence-electron chi connectivity index (χ4n) is 2.87. The first-order chi connectivity index (χ1) is 10.6. The lowest BCUT2D eigenvalue weighted by molar-refractivity contribution is -0.914. The summed E-state index contributed by atoms with van der Waals surface area (Å²) in [6.45, 7) is 5.10. The number of nitrogens with zero attached hydrogens (tertiary/aromatic N) is 1. The Morgan fingerprint density at radius 3 is 2.59 bits per heavy atom. The third kappa shape index (κ3) is 3.80. The first-order valence-electron chi connectivity index (χ1n) is 7.40. The van der Waals surface area contributed by atoms with Crippen molar-refractivity contribution in [1.82, 2.24) is 0 Å². The Balaban J connectivity index is 1.58. The molecule has 5 heteroatoms. The highest BCUT2D eigenvalue weighted by atomic mass is 79.9. The van der Waals surface area contributed by atoms with Crippen LogP contribution in [0.25, 0.3) is 0 Å². The second kappa shape index (κ2) is 6.99. The van der Waals surface area contributed by atoms with Crippen molar-refractivity contribution in [3.63, 3.8) is 0 Å². The molecule has 0 atom stereocenters. The molecule has 0 saturated carbocycles. The molecule has 116 valence electrons. The number of nitrogens with one attached hydrogen (secondary N) is 1. The van der Waals surface area contributed by atoms with E-state index < -0.39 is 0 Å². The molecule has 1 aliphatic rings. The fourth-order valence-corrected chi connectivity index (χ4v) is 3.48. The zero-order chi connectivity index (χ0) is 15.5. The van der Waals surface area contributed by atoms with Gasteiger partial charge in [0.05, 0.1) is 30.7 Å². The molecule has 3 rings (SSSR count). The van der Waals surface area contributed by atoms with E-state index >= 15 is 0 Å². The molecule has 1 fully saturated rings. The summed E-state index contributed by atoms with van der Waals surface area (Å²) < 4.78 is 13.8. The third-order valence-corrected chi connectivity index (χ3v) is 4.92. The first kappa shape index (κ1) is 15.8. The van der Waals surface area contributed by atoms with Crippen molar-refractivity contribution in [3.05, 3.63) is 63.3 Å². The Hall–Kier alpha value is -1.10. The van der Waals surface area contributed by atoms with Crippen molar-refractivity contribution in [2.75, 3.05) is 31.1 Å². The predicted octanol–water partition coefficient (Wildman–Crippen LogP) is 3.15. The lowest BCUT2D eigenvalue weighted by atomic mass is 10.2. The minimum absolute atomic E-state index is 0.204. The van der Waals surface area contributed by atoms with Crippen LogP contribution in [-0.2, 0) is 6.54 Å². The van der Waals surface area contributed by atoms with Gasteiger partial charge in [0.25, 0.3) is 0 Å². The number of quaternary nitrogens is 1. The maximum absolute atomic E-state index is 13.3. The number of rotatable bonds is 3. The van der Waals surface area contributed by atoms with E-state index in [1.807, 2.05) is 30.3 Å². The normalized spacial score (nSPS) is 16.0. The van der Waals surface area contributed by atoms with Crippen molar-refractivity contribution < 1.29 is 9.29 Å². The number of anilines is 1. The lowest BCUT2D eigenvalue weighted by Crippen LogP contribution is -3.13. The van der Waals surface area contributed by atoms with E-state index in [1.165, 1.54) is 22.2 Å². The smallest absolute Gasteiger partial charge is 0.137 e. The van der Waals surface area contributed by atoms with E-state index in [0.717, 1.165) is 37.7 Å². The monoisotopic (exact) mass is 383 g/mol. The number of benzene rings is 2. The van der Waals surface area contributed by atoms with Crippen molar-refractivity contribution in [2.45, 2.75) is 6.54 Å². The van der Waals surface area contributed by atoms with Crippen LogP contribution in [0.4, 0.5) is 10.1 Å². The number of piperazine rings is 1. The van der Waals surface area contributed by atoms with Gasteiger partial charge in [-0.05, 0) is 46.3 Å². The summed E-state index contributed by atoms with van der Waals surface area (Å²) in [7, 11) is 0. The largest absolute Gasteiger partial charge is 0.360 e. The van der Waals surface area contributed by atoms with Crippen molar-refractivity contribution >= 4 is 33.2 Å². The van der Waals surface area contributed by atoms with Crippen LogP contribution >= 0.6 is 27.5 Å². The Morgan fingerprint density at radius 2 is 1.91 bits per heavy atom. The van der Waals surface area contributed by atoms with Gasteiger partial charge in [0.1, 0.15) is 12.4 Å². The minimum atomic E-state index is -0.204. The summed E-state index contributed by atoms with van der Waals surface area (Å²) in [5.74, 6) is -0.204. The van der Waals surface area contributed by atoms with Crippen LogP contribution in [-0.4, -0.2) is 26.2 Å². The summed E-state index contributed by atoms with van der Waals surface area (Å²) >= 11 is 9.31. The van der Waals surface area contributed by atoms with Crippen molar-refractivity contribution in [2.24, 2.45) is 0 Å². The van der Waals surface area contributed by atoms with Gasteiger partial charge < -0.3 is 9.80 Å². The maximum Gasteiger partial charge on any atom is 0.137 e. The van der Waals surface area contributed by atoms with Crippen LogP contribution in [0.2, 0.25) is 5.02 Å². The average Bonchev–Trinajstić information content (AvgIpc) is 2.52. The Labute approximate surface area is 143 Å². The molecule has 1 heterocycles. The number of hydrogen-bond donors (Lipinski definition) is 1. The van der Waals surface area contributed by atoms with Gasteiger partial charge in [-0.1, -0.05) is 23.7 Å². The molecule has 22 heavy (non-hydrogen) atoms. The molecule has 2 aromatic rings. The van der Waals surface area contributed by atoms with Crippen LogP contribution in [0.3, 0.4) is 0 Å². The predicted molar refractivity (Wildman–Crippen MR) is 92.2 cm³/mol. The lowest BCUT2D eigenvalue weighted by Gasteiger charge is -2.33. The van der Waals surface area contributed by atoms with Gasteiger partial charge >= 0.3 is 0 Å². The molecule has 0 unspecified atom stereocenters. The van der Waals surface area contributed by atoms with Gasteiger partial charge in [-0.3, -0.25) is 0 Å². The van der Waals surface area contributed by atoms with E-state index in [4.69, 9.17) is 11.6 Å². The molecule has 1 aliphatic heterocycles. The quantitative estimate of drug-likeness (QED) is 0.854. The average molecular weight is 385 g/mol. The summed E-state index contributed by atoms with van der Waals surface area (Å²) in [6.07, 6.45) is 0. The van der Waals surface area contributed by atoms with Crippen LogP contribution < -0.4 is 9.80 Å². The van der Waals surface area contributed by atoms with Crippen LogP contribution in [0, 0.1) is 5.82 Å². The topological polar surface area (TPSA) is 7.68 Å². The molecule has 1 saturated heterocycles. The van der Waals surface area contributed by atoms with Gasteiger partial charge in [0.15, 0.2) is 0 Å². The van der Waals surface area contributed by atoms with E-state index in [2.05, 4.69) is 26.9 Å². The third-order valence-electron chi connectivity index (χ3n) is 4.08. The SMILES string of the molecule is Fc1ccc(C[NH+]2CCN(c3cccc(Cl)c3)CC2)cc1Br. The van der Waals surface area contributed by atoms with Gasteiger partial charge in [0, 0.05) is 16.3 Å². The second-order valence-electron chi connectivity index (χ2n) is 5.64. The van der Waals surface area contributed by atoms with E-state index in [-0.39, 0.29) is 5.82 Å². The second-order valence-corrected chi connectivity index (χ2v) is 6.93. The zero-order valence-corrected chi connectivity index (χ0v) is 14.5. The van der Waals surface area contributed by atoms with Gasteiger partial charge in [0.2, 0.25) is 0 Å². The number of hydrogen-bond acceptors (Lipinski definition) is 1. The molecule has 0 bridgehead atoms. The van der Waals surface area contributed by atoms with E-state index in [0.29, 0.717) is 4.47 Å². The Bertz CT molecular complexity index is 657. The summed E-state index contributed by atoms with van der Waals surface area (Å²) in [4.78, 5) is 3.90. The molecule has 2 nitrogen and oxygen atoms in total. The first-order valence-corrected chi connectivity index (χ1v) is 8.57. The maximum atomic E-state index is 13.3. The molecule has 0 aliphatic carbocycles. The molecular formula is C17H18BrClFN2+. The van der Waals surface area contributed by atoms with Crippen LogP contribution in [0.5, 0.6) is 0 Å².